The Kier molecular flexibility index (Phi) is 6.19. The first kappa shape index (κ1) is 18.5. The molecule has 0 bridgehead atoms. The Bertz CT molecular complexity index is 832. The van der Waals surface area contributed by atoms with Gasteiger partial charge in [-0.25, -0.2) is 4.79 Å². The summed E-state index contributed by atoms with van der Waals surface area (Å²) in [5, 5.41) is 11.8. The number of nitrogens with one attached hydrogen (secondary N) is 1. The second-order valence-corrected chi connectivity index (χ2v) is 5.85. The van der Waals surface area contributed by atoms with Crippen molar-refractivity contribution in [1.82, 2.24) is 0 Å². The molecule has 130 valence electrons. The number of methoxy groups -OCH3 is 2. The van der Waals surface area contributed by atoms with Gasteiger partial charge in [-0.1, -0.05) is 22.0 Å². The van der Waals surface area contributed by atoms with Gasteiger partial charge in [0.1, 0.15) is 0 Å². The van der Waals surface area contributed by atoms with E-state index >= 15 is 0 Å². The first-order valence-corrected chi connectivity index (χ1v) is 7.98. The van der Waals surface area contributed by atoms with E-state index < -0.39 is 11.9 Å². The molecule has 0 spiro atoms. The minimum absolute atomic E-state index is 0.00208. The molecule has 0 fully saturated rings. The number of hydrogen-bond donors (Lipinski definition) is 2. The highest BCUT2D eigenvalue weighted by molar-refractivity contribution is 9.10. The van der Waals surface area contributed by atoms with Crippen LogP contribution in [0, 0.1) is 0 Å². The van der Waals surface area contributed by atoms with Crippen LogP contribution in [-0.4, -0.2) is 31.2 Å². The predicted octanol–water partition coefficient (Wildman–Crippen LogP) is 3.82. The Morgan fingerprint density at radius 1 is 1.08 bits per heavy atom. The highest BCUT2D eigenvalue weighted by atomic mass is 79.9. The highest BCUT2D eigenvalue weighted by Crippen LogP contribution is 2.28. The molecule has 2 rings (SSSR count). The van der Waals surface area contributed by atoms with Gasteiger partial charge in [-0.3, -0.25) is 4.79 Å². The monoisotopic (exact) mass is 405 g/mol. The number of hydrogen-bond acceptors (Lipinski definition) is 4. The van der Waals surface area contributed by atoms with Crippen molar-refractivity contribution in [3.63, 3.8) is 0 Å². The normalized spacial score (nSPS) is 10.5. The summed E-state index contributed by atoms with van der Waals surface area (Å²) >= 11 is 3.21. The Morgan fingerprint density at radius 2 is 1.80 bits per heavy atom. The summed E-state index contributed by atoms with van der Waals surface area (Å²) in [5.41, 5.74) is 0.960. The van der Waals surface area contributed by atoms with Crippen molar-refractivity contribution in [3.05, 3.63) is 58.1 Å². The van der Waals surface area contributed by atoms with Crippen LogP contribution in [0.3, 0.4) is 0 Å². The van der Waals surface area contributed by atoms with Gasteiger partial charge >= 0.3 is 5.97 Å². The number of carbonyl (C=O) groups is 2. The van der Waals surface area contributed by atoms with Gasteiger partial charge in [0.25, 0.3) is 0 Å². The molecular weight excluding hydrogens is 390 g/mol. The lowest BCUT2D eigenvalue weighted by Gasteiger charge is -2.08. The number of amides is 1. The Hall–Kier alpha value is -2.80. The molecule has 2 aromatic rings. The molecule has 0 aliphatic rings. The fraction of sp³-hybridized carbons (Fsp3) is 0.111. The molecule has 0 aromatic heterocycles. The molecule has 0 atom stereocenters. The first-order chi connectivity index (χ1) is 11.9. The number of carboxylic acids is 1. The molecule has 0 heterocycles. The molecule has 0 saturated carbocycles. The topological polar surface area (TPSA) is 84.9 Å². The van der Waals surface area contributed by atoms with Gasteiger partial charge in [0.05, 0.1) is 25.5 Å². The second-order valence-electron chi connectivity index (χ2n) is 4.93. The van der Waals surface area contributed by atoms with E-state index in [-0.39, 0.29) is 11.3 Å². The molecule has 0 saturated heterocycles. The fourth-order valence-corrected chi connectivity index (χ4v) is 2.47. The maximum Gasteiger partial charge on any atom is 0.337 e. The zero-order chi connectivity index (χ0) is 18.4. The van der Waals surface area contributed by atoms with Crippen LogP contribution in [0.1, 0.15) is 15.9 Å². The third-order valence-electron chi connectivity index (χ3n) is 3.30. The number of carboxylic acid groups (broad SMARTS) is 1. The first-order valence-electron chi connectivity index (χ1n) is 7.18. The average Bonchev–Trinajstić information content (AvgIpc) is 2.61. The Labute approximate surface area is 153 Å². The summed E-state index contributed by atoms with van der Waals surface area (Å²) in [4.78, 5) is 23.3. The van der Waals surface area contributed by atoms with E-state index in [1.807, 2.05) is 0 Å². The van der Waals surface area contributed by atoms with Crippen LogP contribution in [0.5, 0.6) is 11.5 Å². The molecule has 2 aromatic carbocycles. The third kappa shape index (κ3) is 4.84. The van der Waals surface area contributed by atoms with E-state index in [9.17, 15) is 14.7 Å². The molecule has 7 heteroatoms. The average molecular weight is 406 g/mol. The van der Waals surface area contributed by atoms with Crippen LogP contribution >= 0.6 is 15.9 Å². The van der Waals surface area contributed by atoms with Gasteiger partial charge in [0.2, 0.25) is 5.91 Å². The van der Waals surface area contributed by atoms with Gasteiger partial charge in [0, 0.05) is 10.5 Å². The van der Waals surface area contributed by atoms with E-state index in [2.05, 4.69) is 21.2 Å². The number of carbonyl (C=O) groups excluding carboxylic acids is 1. The van der Waals surface area contributed by atoms with E-state index in [4.69, 9.17) is 9.47 Å². The number of benzene rings is 2. The van der Waals surface area contributed by atoms with Crippen LogP contribution in [0.2, 0.25) is 0 Å². The summed E-state index contributed by atoms with van der Waals surface area (Å²) < 4.78 is 11.0. The number of ether oxygens (including phenoxy) is 2. The van der Waals surface area contributed by atoms with E-state index in [0.29, 0.717) is 16.0 Å². The van der Waals surface area contributed by atoms with Crippen LogP contribution in [0.15, 0.2) is 46.9 Å². The molecule has 1 amide bonds. The van der Waals surface area contributed by atoms with Gasteiger partial charge in [-0.05, 0) is 42.0 Å². The quantitative estimate of drug-likeness (QED) is 0.713. The zero-order valence-corrected chi connectivity index (χ0v) is 15.2. The van der Waals surface area contributed by atoms with Crippen molar-refractivity contribution in [3.8, 4) is 11.5 Å². The van der Waals surface area contributed by atoms with Crippen molar-refractivity contribution >= 4 is 39.6 Å². The van der Waals surface area contributed by atoms with Gasteiger partial charge in [-0.15, -0.1) is 0 Å². The lowest BCUT2D eigenvalue weighted by molar-refractivity contribution is -0.111. The molecule has 25 heavy (non-hydrogen) atoms. The molecule has 2 N–H and O–H groups in total. The fourth-order valence-electron chi connectivity index (χ4n) is 2.11. The highest BCUT2D eigenvalue weighted by Gasteiger charge is 2.12. The molecule has 0 radical (unpaired) electrons. The minimum Gasteiger partial charge on any atom is -0.493 e. The van der Waals surface area contributed by atoms with Crippen molar-refractivity contribution in [2.75, 3.05) is 19.5 Å². The summed E-state index contributed by atoms with van der Waals surface area (Å²) in [6, 6.07) is 9.83. The number of rotatable bonds is 6. The van der Waals surface area contributed by atoms with Gasteiger partial charge < -0.3 is 19.9 Å². The number of anilines is 1. The molecule has 0 unspecified atom stereocenters. The van der Waals surface area contributed by atoms with Crippen molar-refractivity contribution in [2.45, 2.75) is 0 Å². The van der Waals surface area contributed by atoms with Crippen molar-refractivity contribution < 1.29 is 24.2 Å². The number of halogens is 1. The minimum atomic E-state index is -1.12. The smallest absolute Gasteiger partial charge is 0.337 e. The third-order valence-corrected chi connectivity index (χ3v) is 3.80. The molecule has 0 aliphatic carbocycles. The van der Waals surface area contributed by atoms with Crippen molar-refractivity contribution in [2.24, 2.45) is 0 Å². The van der Waals surface area contributed by atoms with Gasteiger partial charge in [0.15, 0.2) is 11.5 Å². The molecular formula is C18H16BrNO5. The standard InChI is InChI=1S/C18H16BrNO5/c1-24-15-7-3-11(9-16(15)25-2)4-8-17(21)20-14-6-5-12(19)10-13(14)18(22)23/h3-10H,1-2H3,(H,20,21)(H,22,23). The number of aromatic carboxylic acids is 1. The summed E-state index contributed by atoms with van der Waals surface area (Å²) in [6.45, 7) is 0. The van der Waals surface area contributed by atoms with Gasteiger partial charge in [-0.2, -0.15) is 0 Å². The lowest BCUT2D eigenvalue weighted by atomic mass is 10.1. The Balaban J connectivity index is 2.15. The summed E-state index contributed by atoms with van der Waals surface area (Å²) in [7, 11) is 3.07. The molecule has 6 nitrogen and oxygen atoms in total. The van der Waals surface area contributed by atoms with Crippen LogP contribution < -0.4 is 14.8 Å². The zero-order valence-electron chi connectivity index (χ0n) is 13.6. The maximum atomic E-state index is 12.1. The van der Waals surface area contributed by atoms with E-state index in [1.54, 1.807) is 37.5 Å². The SMILES string of the molecule is COc1ccc(C=CC(=O)Nc2ccc(Br)cc2C(=O)O)cc1OC. The Morgan fingerprint density at radius 3 is 2.44 bits per heavy atom. The largest absolute Gasteiger partial charge is 0.493 e. The second kappa shape index (κ2) is 8.34. The summed E-state index contributed by atoms with van der Waals surface area (Å²) in [6.07, 6.45) is 2.91. The van der Waals surface area contributed by atoms with Crippen LogP contribution in [0.25, 0.3) is 6.08 Å². The predicted molar refractivity (Wildman–Crippen MR) is 98.3 cm³/mol. The molecule has 0 aliphatic heterocycles. The summed E-state index contributed by atoms with van der Waals surface area (Å²) in [5.74, 6) is -0.434. The van der Waals surface area contributed by atoms with Crippen LogP contribution in [0.4, 0.5) is 5.69 Å². The lowest BCUT2D eigenvalue weighted by Crippen LogP contribution is -2.12. The van der Waals surface area contributed by atoms with E-state index in [1.165, 1.54) is 25.3 Å². The van der Waals surface area contributed by atoms with Crippen LogP contribution in [-0.2, 0) is 4.79 Å². The maximum absolute atomic E-state index is 12.1. The van der Waals surface area contributed by atoms with E-state index in [0.717, 1.165) is 5.56 Å². The van der Waals surface area contributed by atoms with Crippen molar-refractivity contribution in [1.29, 1.82) is 0 Å².